The zero-order valence-corrected chi connectivity index (χ0v) is 19.9. The van der Waals surface area contributed by atoms with E-state index in [1.54, 1.807) is 42.7 Å². The molecule has 0 aliphatic carbocycles. The summed E-state index contributed by atoms with van der Waals surface area (Å²) in [7, 11) is 1.98. The van der Waals surface area contributed by atoms with Crippen LogP contribution < -0.4 is 10.2 Å². The first-order valence-electron chi connectivity index (χ1n) is 11.1. The van der Waals surface area contributed by atoms with Crippen molar-refractivity contribution < 1.29 is 18.0 Å². The molecule has 1 saturated heterocycles. The van der Waals surface area contributed by atoms with Gasteiger partial charge in [0.1, 0.15) is 5.82 Å². The fourth-order valence-electron chi connectivity index (χ4n) is 3.51. The summed E-state index contributed by atoms with van der Waals surface area (Å²) < 4.78 is 40.4. The topological polar surface area (TPSA) is 74.2 Å². The summed E-state index contributed by atoms with van der Waals surface area (Å²) in [6, 6.07) is 11.6. The Morgan fingerprint density at radius 2 is 1.80 bits per heavy atom. The predicted molar refractivity (Wildman–Crippen MR) is 128 cm³/mol. The van der Waals surface area contributed by atoms with Crippen LogP contribution in [0.25, 0.3) is 0 Å². The average molecular weight is 503 g/mol. The Hall–Kier alpha value is -3.18. The van der Waals surface area contributed by atoms with E-state index >= 15 is 0 Å². The van der Waals surface area contributed by atoms with Crippen molar-refractivity contribution in [3.8, 4) is 0 Å². The maximum Gasteiger partial charge on any atom is 0.433 e. The number of carbonyl (C=O) groups excluding carboxylic acids is 1. The van der Waals surface area contributed by atoms with Crippen molar-refractivity contribution in [2.75, 3.05) is 38.1 Å². The van der Waals surface area contributed by atoms with Crippen molar-refractivity contribution >= 4 is 23.5 Å². The molecule has 0 spiro atoms. The minimum Gasteiger partial charge on any atom is -0.354 e. The van der Waals surface area contributed by atoms with Crippen LogP contribution in [0.4, 0.5) is 19.0 Å². The van der Waals surface area contributed by atoms with E-state index in [-0.39, 0.29) is 11.1 Å². The maximum atomic E-state index is 13.5. The molecular formula is C24H25F3N6OS. The maximum absolute atomic E-state index is 13.5. The van der Waals surface area contributed by atoms with Crippen molar-refractivity contribution in [3.63, 3.8) is 0 Å². The van der Waals surface area contributed by atoms with Gasteiger partial charge < -0.3 is 15.1 Å². The normalized spacial score (nSPS) is 14.7. The number of hydrogen-bond acceptors (Lipinski definition) is 7. The van der Waals surface area contributed by atoms with E-state index in [9.17, 15) is 18.0 Å². The summed E-state index contributed by atoms with van der Waals surface area (Å²) in [6.45, 7) is 3.11. The first kappa shape index (κ1) is 24.9. The number of piperazine rings is 1. The van der Waals surface area contributed by atoms with Crippen LogP contribution in [0.2, 0.25) is 0 Å². The monoisotopic (exact) mass is 502 g/mol. The molecular weight excluding hydrogens is 477 g/mol. The van der Waals surface area contributed by atoms with Gasteiger partial charge in [-0.1, -0.05) is 30.0 Å². The van der Waals surface area contributed by atoms with Crippen LogP contribution in [-0.4, -0.2) is 59.0 Å². The van der Waals surface area contributed by atoms with Gasteiger partial charge in [0.25, 0.3) is 5.91 Å². The molecule has 184 valence electrons. The molecule has 1 aromatic carbocycles. The third-order valence-corrected chi connectivity index (χ3v) is 6.49. The van der Waals surface area contributed by atoms with Gasteiger partial charge in [0.05, 0.1) is 0 Å². The van der Waals surface area contributed by atoms with Crippen LogP contribution in [0.15, 0.2) is 60.0 Å². The van der Waals surface area contributed by atoms with Crippen LogP contribution in [0.3, 0.4) is 0 Å². The molecule has 0 saturated carbocycles. The van der Waals surface area contributed by atoms with E-state index in [1.165, 1.54) is 0 Å². The minimum absolute atomic E-state index is 0.0760. The number of nitrogens with one attached hydrogen (secondary N) is 1. The number of rotatable bonds is 7. The van der Waals surface area contributed by atoms with Gasteiger partial charge in [0, 0.05) is 62.5 Å². The molecule has 35 heavy (non-hydrogen) atoms. The second kappa shape index (κ2) is 11.0. The lowest BCUT2D eigenvalue weighted by molar-refractivity contribution is -0.141. The van der Waals surface area contributed by atoms with E-state index in [0.29, 0.717) is 36.8 Å². The highest BCUT2D eigenvalue weighted by Crippen LogP contribution is 2.32. The molecule has 2 aromatic heterocycles. The van der Waals surface area contributed by atoms with Crippen LogP contribution in [0.1, 0.15) is 27.2 Å². The molecule has 11 heteroatoms. The molecule has 0 radical (unpaired) electrons. The fraction of sp³-hybridized carbons (Fsp3) is 0.333. The largest absolute Gasteiger partial charge is 0.433 e. The second-order valence-electron chi connectivity index (χ2n) is 8.21. The third kappa shape index (κ3) is 6.92. The quantitative estimate of drug-likeness (QED) is 0.389. The number of likely N-dealkylation sites (N-methyl/N-ethyl adjacent to an activating group) is 1. The molecule has 7 nitrogen and oxygen atoms in total. The van der Waals surface area contributed by atoms with Crippen LogP contribution in [-0.2, 0) is 18.5 Å². The summed E-state index contributed by atoms with van der Waals surface area (Å²) in [5.74, 6) is 0.454. The summed E-state index contributed by atoms with van der Waals surface area (Å²) in [5, 5.41) is 2.91. The Labute approximate surface area is 205 Å². The number of thioether (sulfide) groups is 1. The van der Waals surface area contributed by atoms with Gasteiger partial charge in [-0.05, 0) is 36.4 Å². The second-order valence-corrected chi connectivity index (χ2v) is 9.15. The Morgan fingerprint density at radius 1 is 1.06 bits per heavy atom. The van der Waals surface area contributed by atoms with Gasteiger partial charge in [-0.2, -0.15) is 13.2 Å². The third-order valence-electron chi connectivity index (χ3n) is 5.57. The van der Waals surface area contributed by atoms with E-state index in [2.05, 4.69) is 25.2 Å². The summed E-state index contributed by atoms with van der Waals surface area (Å²) in [6.07, 6.45) is -1.20. The first-order chi connectivity index (χ1) is 16.8. The molecule has 3 heterocycles. The molecule has 3 aromatic rings. The number of pyridine rings is 1. The van der Waals surface area contributed by atoms with Crippen LogP contribution >= 0.6 is 11.8 Å². The summed E-state index contributed by atoms with van der Waals surface area (Å²) in [5.41, 5.74) is 1.30. The molecule has 0 atom stereocenters. The standard InChI is InChI=1S/C24H25F3N6OS/c1-32-9-11-33(12-10-32)21-13-20(24(25,26)27)30-23(31-21)35-16-17-4-6-19(7-5-17)22(34)29-15-18-3-2-8-28-14-18/h2-8,13-14H,9-12,15-16H2,1H3,(H,29,34). The van der Waals surface area contributed by atoms with E-state index in [4.69, 9.17) is 0 Å². The number of anilines is 1. The molecule has 1 amide bonds. The van der Waals surface area contributed by atoms with Crippen LogP contribution in [0, 0.1) is 0 Å². The molecule has 1 aliphatic heterocycles. The Balaban J connectivity index is 1.40. The number of carbonyl (C=O) groups is 1. The zero-order valence-electron chi connectivity index (χ0n) is 19.1. The van der Waals surface area contributed by atoms with Crippen molar-refractivity contribution in [1.29, 1.82) is 0 Å². The molecule has 0 unspecified atom stereocenters. The van der Waals surface area contributed by atoms with Crippen LogP contribution in [0.5, 0.6) is 0 Å². The molecule has 1 aliphatic rings. The summed E-state index contributed by atoms with van der Waals surface area (Å²) in [4.78, 5) is 28.5. The fourth-order valence-corrected chi connectivity index (χ4v) is 4.32. The number of halogens is 3. The van der Waals surface area contributed by atoms with Crippen molar-refractivity contribution in [1.82, 2.24) is 25.2 Å². The highest BCUT2D eigenvalue weighted by atomic mass is 32.2. The summed E-state index contributed by atoms with van der Waals surface area (Å²) >= 11 is 1.14. The van der Waals surface area contributed by atoms with Gasteiger partial charge in [0.15, 0.2) is 10.9 Å². The van der Waals surface area contributed by atoms with E-state index in [0.717, 1.165) is 42.0 Å². The lowest BCUT2D eigenvalue weighted by Gasteiger charge is -2.33. The Bertz CT molecular complexity index is 1140. The molecule has 0 bridgehead atoms. The number of aromatic nitrogens is 3. The van der Waals surface area contributed by atoms with Gasteiger partial charge in [0.2, 0.25) is 0 Å². The first-order valence-corrected chi connectivity index (χ1v) is 12.0. The lowest BCUT2D eigenvalue weighted by atomic mass is 10.1. The lowest BCUT2D eigenvalue weighted by Crippen LogP contribution is -2.45. The van der Waals surface area contributed by atoms with E-state index < -0.39 is 11.9 Å². The van der Waals surface area contributed by atoms with Gasteiger partial charge >= 0.3 is 6.18 Å². The average Bonchev–Trinajstić information content (AvgIpc) is 2.87. The van der Waals surface area contributed by atoms with Gasteiger partial charge in [-0.3, -0.25) is 9.78 Å². The number of hydrogen-bond donors (Lipinski definition) is 1. The van der Waals surface area contributed by atoms with Gasteiger partial charge in [-0.25, -0.2) is 9.97 Å². The molecule has 4 rings (SSSR count). The smallest absolute Gasteiger partial charge is 0.354 e. The SMILES string of the molecule is CN1CCN(c2cc(C(F)(F)F)nc(SCc3ccc(C(=O)NCc4cccnc4)cc3)n2)CC1. The number of benzene rings is 1. The van der Waals surface area contributed by atoms with E-state index in [1.807, 2.05) is 18.0 Å². The minimum atomic E-state index is -4.55. The Morgan fingerprint density at radius 3 is 2.46 bits per heavy atom. The van der Waals surface area contributed by atoms with Crippen molar-refractivity contribution in [2.24, 2.45) is 0 Å². The zero-order chi connectivity index (χ0) is 24.8. The molecule has 1 fully saturated rings. The predicted octanol–water partition coefficient (Wildman–Crippen LogP) is 3.86. The van der Waals surface area contributed by atoms with Crippen molar-refractivity contribution in [3.05, 3.63) is 77.2 Å². The van der Waals surface area contributed by atoms with Crippen molar-refractivity contribution in [2.45, 2.75) is 23.6 Å². The highest BCUT2D eigenvalue weighted by Gasteiger charge is 2.34. The molecule has 1 N–H and O–H groups in total. The number of amides is 1. The number of alkyl halides is 3. The Kier molecular flexibility index (Phi) is 7.86. The number of nitrogens with zero attached hydrogens (tertiary/aromatic N) is 5. The highest BCUT2D eigenvalue weighted by molar-refractivity contribution is 7.98. The van der Waals surface area contributed by atoms with Gasteiger partial charge in [-0.15, -0.1) is 0 Å².